The van der Waals surface area contributed by atoms with Gasteiger partial charge in [0.2, 0.25) is 0 Å². The summed E-state index contributed by atoms with van der Waals surface area (Å²) in [5, 5.41) is 10.6. The predicted octanol–water partition coefficient (Wildman–Crippen LogP) is 2.25. The van der Waals surface area contributed by atoms with Crippen molar-refractivity contribution in [1.82, 2.24) is 14.5 Å². The summed E-state index contributed by atoms with van der Waals surface area (Å²) in [5.74, 6) is 0.729. The Morgan fingerprint density at radius 1 is 1.35 bits per heavy atom. The minimum atomic E-state index is 0.00323. The first-order valence-corrected chi connectivity index (χ1v) is 6.41. The van der Waals surface area contributed by atoms with Crippen molar-refractivity contribution in [1.29, 1.82) is 0 Å². The lowest BCUT2D eigenvalue weighted by atomic mass is 10.4. The monoisotopic (exact) mass is 269 g/mol. The second-order valence-corrected chi connectivity index (χ2v) is 4.88. The second-order valence-electron chi connectivity index (χ2n) is 3.51. The lowest BCUT2D eigenvalue weighted by Crippen LogP contribution is -1.97. The Labute approximate surface area is 109 Å². The Bertz CT molecular complexity index is 498. The Morgan fingerprint density at radius 3 is 2.76 bits per heavy atom. The van der Waals surface area contributed by atoms with Gasteiger partial charge in [-0.2, -0.15) is 0 Å². The van der Waals surface area contributed by atoms with Crippen LogP contribution in [0, 0.1) is 0 Å². The molecule has 0 aromatic carbocycles. The number of nitrogens with zero attached hydrogens (tertiary/aromatic N) is 3. The smallest absolute Gasteiger partial charge is 0.168 e. The van der Waals surface area contributed by atoms with Crippen LogP contribution >= 0.6 is 23.4 Å². The van der Waals surface area contributed by atoms with E-state index in [1.54, 1.807) is 24.2 Å². The Balaban J connectivity index is 2.02. The third kappa shape index (κ3) is 3.00. The molecule has 2 aromatic rings. The number of rotatable bonds is 4. The van der Waals surface area contributed by atoms with Crippen LogP contribution < -0.4 is 0 Å². The second kappa shape index (κ2) is 5.53. The number of pyridine rings is 1. The van der Waals surface area contributed by atoms with E-state index in [2.05, 4.69) is 9.97 Å². The van der Waals surface area contributed by atoms with Gasteiger partial charge < -0.3 is 9.67 Å². The van der Waals surface area contributed by atoms with Gasteiger partial charge in [-0.15, -0.1) is 0 Å². The molecule has 2 heterocycles. The fourth-order valence-electron chi connectivity index (χ4n) is 1.34. The maximum absolute atomic E-state index is 9.05. The van der Waals surface area contributed by atoms with Crippen molar-refractivity contribution in [3.05, 3.63) is 40.9 Å². The quantitative estimate of drug-likeness (QED) is 0.865. The number of hydrogen-bond acceptors (Lipinski definition) is 4. The van der Waals surface area contributed by atoms with Gasteiger partial charge in [0.25, 0.3) is 0 Å². The van der Waals surface area contributed by atoms with E-state index >= 15 is 0 Å². The lowest BCUT2D eigenvalue weighted by Gasteiger charge is -2.03. The van der Waals surface area contributed by atoms with E-state index in [-0.39, 0.29) is 6.61 Å². The molecular weight excluding hydrogens is 258 g/mol. The van der Waals surface area contributed by atoms with Crippen LogP contribution in [-0.4, -0.2) is 19.6 Å². The maximum Gasteiger partial charge on any atom is 0.168 e. The molecule has 0 radical (unpaired) electrons. The molecule has 6 heteroatoms. The van der Waals surface area contributed by atoms with Crippen LogP contribution in [0.2, 0.25) is 5.02 Å². The van der Waals surface area contributed by atoms with Gasteiger partial charge in [0, 0.05) is 19.0 Å². The van der Waals surface area contributed by atoms with Crippen molar-refractivity contribution in [2.75, 3.05) is 0 Å². The summed E-state index contributed by atoms with van der Waals surface area (Å²) < 4.78 is 1.88. The van der Waals surface area contributed by atoms with Crippen molar-refractivity contribution in [2.24, 2.45) is 7.05 Å². The highest BCUT2D eigenvalue weighted by molar-refractivity contribution is 7.98. The zero-order valence-electron chi connectivity index (χ0n) is 9.30. The van der Waals surface area contributed by atoms with Crippen molar-refractivity contribution >= 4 is 23.4 Å². The predicted molar refractivity (Wildman–Crippen MR) is 67.9 cm³/mol. The lowest BCUT2D eigenvalue weighted by molar-refractivity contribution is 0.271. The van der Waals surface area contributed by atoms with E-state index < -0.39 is 0 Å². The molecule has 0 atom stereocenters. The SMILES string of the molecule is Cn1c(CO)cnc1SCc1ccc(Cl)cn1. The summed E-state index contributed by atoms with van der Waals surface area (Å²) in [7, 11) is 1.89. The van der Waals surface area contributed by atoms with Gasteiger partial charge in [-0.3, -0.25) is 4.98 Å². The zero-order chi connectivity index (χ0) is 12.3. The highest BCUT2D eigenvalue weighted by atomic mass is 35.5. The molecule has 17 heavy (non-hydrogen) atoms. The number of hydrogen-bond donors (Lipinski definition) is 1. The third-order valence-corrected chi connectivity index (χ3v) is 3.64. The molecule has 0 saturated carbocycles. The molecule has 0 saturated heterocycles. The number of aliphatic hydroxyl groups is 1. The van der Waals surface area contributed by atoms with Crippen LogP contribution in [0.1, 0.15) is 11.4 Å². The molecule has 0 bridgehead atoms. The Hall–Kier alpha value is -1.04. The molecule has 4 nitrogen and oxygen atoms in total. The molecular formula is C11H12ClN3OS. The number of aliphatic hydroxyl groups excluding tert-OH is 1. The van der Waals surface area contributed by atoms with Crippen molar-refractivity contribution in [2.45, 2.75) is 17.5 Å². The molecule has 0 amide bonds. The topological polar surface area (TPSA) is 50.9 Å². The molecule has 0 spiro atoms. The summed E-state index contributed by atoms with van der Waals surface area (Å²) in [4.78, 5) is 8.44. The normalized spacial score (nSPS) is 10.8. The number of imidazole rings is 1. The van der Waals surface area contributed by atoms with E-state index in [0.29, 0.717) is 5.02 Å². The summed E-state index contributed by atoms with van der Waals surface area (Å²) in [6.07, 6.45) is 3.31. The number of aromatic nitrogens is 3. The van der Waals surface area contributed by atoms with Gasteiger partial charge in [-0.05, 0) is 12.1 Å². The highest BCUT2D eigenvalue weighted by Crippen LogP contribution is 2.21. The molecule has 1 N–H and O–H groups in total. The highest BCUT2D eigenvalue weighted by Gasteiger charge is 2.06. The van der Waals surface area contributed by atoms with Crippen LogP contribution in [0.5, 0.6) is 0 Å². The first kappa shape index (κ1) is 12.4. The average Bonchev–Trinajstić information content (AvgIpc) is 2.69. The van der Waals surface area contributed by atoms with Crippen molar-refractivity contribution < 1.29 is 5.11 Å². The molecule has 0 aliphatic heterocycles. The molecule has 0 aliphatic carbocycles. The van der Waals surface area contributed by atoms with Crippen LogP contribution in [-0.2, 0) is 19.4 Å². The van der Waals surface area contributed by atoms with Crippen LogP contribution in [0.25, 0.3) is 0 Å². The minimum Gasteiger partial charge on any atom is -0.390 e. The maximum atomic E-state index is 9.05. The Morgan fingerprint density at radius 2 is 2.18 bits per heavy atom. The first-order chi connectivity index (χ1) is 8.20. The zero-order valence-corrected chi connectivity index (χ0v) is 10.9. The van der Waals surface area contributed by atoms with Crippen LogP contribution in [0.4, 0.5) is 0 Å². The fourth-order valence-corrected chi connectivity index (χ4v) is 2.33. The number of thioether (sulfide) groups is 1. The van der Waals surface area contributed by atoms with E-state index in [9.17, 15) is 0 Å². The largest absolute Gasteiger partial charge is 0.390 e. The van der Waals surface area contributed by atoms with Gasteiger partial charge in [0.15, 0.2) is 5.16 Å². The first-order valence-electron chi connectivity index (χ1n) is 5.05. The van der Waals surface area contributed by atoms with Gasteiger partial charge >= 0.3 is 0 Å². The fraction of sp³-hybridized carbons (Fsp3) is 0.273. The van der Waals surface area contributed by atoms with E-state index in [1.807, 2.05) is 23.7 Å². The molecule has 90 valence electrons. The van der Waals surface area contributed by atoms with Crippen LogP contribution in [0.15, 0.2) is 29.7 Å². The number of halogens is 1. The van der Waals surface area contributed by atoms with E-state index in [4.69, 9.17) is 16.7 Å². The summed E-state index contributed by atoms with van der Waals surface area (Å²) >= 11 is 7.34. The third-order valence-electron chi connectivity index (χ3n) is 2.34. The van der Waals surface area contributed by atoms with Gasteiger partial charge in [-0.1, -0.05) is 23.4 Å². The molecule has 0 unspecified atom stereocenters. The Kier molecular flexibility index (Phi) is 4.04. The standard InChI is InChI=1S/C11H12ClN3OS/c1-15-10(6-16)5-14-11(15)17-7-9-3-2-8(12)4-13-9/h2-5,16H,6-7H2,1H3. The van der Waals surface area contributed by atoms with Gasteiger partial charge in [0.05, 0.1) is 29.2 Å². The summed E-state index contributed by atoms with van der Waals surface area (Å²) in [6.45, 7) is 0.00323. The van der Waals surface area contributed by atoms with Gasteiger partial charge in [-0.25, -0.2) is 4.98 Å². The summed E-state index contributed by atoms with van der Waals surface area (Å²) in [5.41, 5.74) is 1.75. The van der Waals surface area contributed by atoms with E-state index in [0.717, 1.165) is 22.3 Å². The average molecular weight is 270 g/mol. The molecule has 0 aliphatic rings. The molecule has 2 rings (SSSR count). The molecule has 2 aromatic heterocycles. The molecule has 0 fully saturated rings. The van der Waals surface area contributed by atoms with Gasteiger partial charge in [0.1, 0.15) is 0 Å². The van der Waals surface area contributed by atoms with Crippen LogP contribution in [0.3, 0.4) is 0 Å². The minimum absolute atomic E-state index is 0.00323. The van der Waals surface area contributed by atoms with E-state index in [1.165, 1.54) is 0 Å². The van der Waals surface area contributed by atoms with Crippen molar-refractivity contribution in [3.63, 3.8) is 0 Å². The summed E-state index contributed by atoms with van der Waals surface area (Å²) in [6, 6.07) is 3.72. The van der Waals surface area contributed by atoms with Crippen molar-refractivity contribution in [3.8, 4) is 0 Å².